The molecule has 1 amide bonds. The molecule has 0 bridgehead atoms. The van der Waals surface area contributed by atoms with Crippen LogP contribution in [-0.4, -0.2) is 54.1 Å². The van der Waals surface area contributed by atoms with Gasteiger partial charge in [0.2, 0.25) is 5.91 Å². The molecule has 1 aliphatic heterocycles. The average Bonchev–Trinajstić information content (AvgIpc) is 3.10. The maximum atomic E-state index is 12.2. The van der Waals surface area contributed by atoms with Crippen LogP contribution in [0.15, 0.2) is 28.8 Å². The lowest BCUT2D eigenvalue weighted by atomic mass is 10.1. The molecule has 0 fully saturated rings. The number of nitrogens with zero attached hydrogens (tertiary/aromatic N) is 1. The third kappa shape index (κ3) is 5.49. The van der Waals surface area contributed by atoms with Crippen LogP contribution >= 0.6 is 11.8 Å². The quantitative estimate of drug-likeness (QED) is 0.518. The second kappa shape index (κ2) is 9.27. The Morgan fingerprint density at radius 3 is 2.68 bits per heavy atom. The van der Waals surface area contributed by atoms with Gasteiger partial charge in [-0.25, -0.2) is 0 Å². The number of aryl methyl sites for hydroxylation is 1. The Morgan fingerprint density at radius 1 is 1.14 bits per heavy atom. The molecular formula is C18H18N2O7S. The minimum absolute atomic E-state index is 0.0388. The number of aromatic nitrogens is 1. The van der Waals surface area contributed by atoms with Crippen LogP contribution in [0.1, 0.15) is 16.1 Å². The summed E-state index contributed by atoms with van der Waals surface area (Å²) in [5.74, 6) is 0.693. The summed E-state index contributed by atoms with van der Waals surface area (Å²) < 4.78 is 20.6. The molecule has 0 aliphatic carbocycles. The van der Waals surface area contributed by atoms with Crippen LogP contribution in [0, 0.1) is 6.92 Å². The van der Waals surface area contributed by atoms with Crippen LogP contribution in [0.25, 0.3) is 0 Å². The molecule has 148 valence electrons. The highest BCUT2D eigenvalue weighted by molar-refractivity contribution is 8.00. The van der Waals surface area contributed by atoms with Gasteiger partial charge in [-0.05, 0) is 25.1 Å². The predicted molar refractivity (Wildman–Crippen MR) is 99.9 cm³/mol. The Bertz CT molecular complexity index is 881. The van der Waals surface area contributed by atoms with E-state index in [1.807, 2.05) is 0 Å². The molecule has 0 spiro atoms. The normalized spacial score (nSPS) is 12.3. The first-order valence-corrected chi connectivity index (χ1v) is 9.56. The smallest absolute Gasteiger partial charge is 0.316 e. The summed E-state index contributed by atoms with van der Waals surface area (Å²) in [6.45, 7) is 2.20. The molecule has 10 heteroatoms. The van der Waals surface area contributed by atoms with Gasteiger partial charge >= 0.3 is 5.97 Å². The largest absolute Gasteiger partial charge is 0.486 e. The molecule has 0 saturated carbocycles. The van der Waals surface area contributed by atoms with Crippen LogP contribution in [0.4, 0.5) is 5.82 Å². The molecule has 28 heavy (non-hydrogen) atoms. The second-order valence-corrected chi connectivity index (χ2v) is 6.79. The molecule has 0 unspecified atom stereocenters. The second-order valence-electron chi connectivity index (χ2n) is 5.81. The number of carbonyl (C=O) groups is 3. The standard InChI is InChI=1S/C18H18N2O7S/c1-11-6-16(20-27-11)19-17(22)9-28-10-18(23)26-8-13(21)12-2-3-14-15(7-12)25-5-4-24-14/h2-3,6-7H,4-5,8-10H2,1H3,(H,19,20,22). The van der Waals surface area contributed by atoms with Crippen LogP contribution in [0.2, 0.25) is 0 Å². The van der Waals surface area contributed by atoms with Crippen molar-refractivity contribution in [2.45, 2.75) is 6.92 Å². The first kappa shape index (κ1) is 19.7. The lowest BCUT2D eigenvalue weighted by Crippen LogP contribution is -2.19. The molecule has 3 rings (SSSR count). The highest BCUT2D eigenvalue weighted by atomic mass is 32.2. The number of ketones is 1. The highest BCUT2D eigenvalue weighted by Crippen LogP contribution is 2.30. The van der Waals surface area contributed by atoms with Crippen molar-refractivity contribution in [1.82, 2.24) is 5.16 Å². The van der Waals surface area contributed by atoms with Crippen molar-refractivity contribution < 1.29 is 33.1 Å². The van der Waals surface area contributed by atoms with Crippen molar-refractivity contribution >= 4 is 35.2 Å². The molecule has 2 aromatic rings. The fourth-order valence-electron chi connectivity index (χ4n) is 2.32. The van der Waals surface area contributed by atoms with Crippen LogP contribution in [0.3, 0.4) is 0 Å². The van der Waals surface area contributed by atoms with Gasteiger partial charge in [-0.3, -0.25) is 14.4 Å². The minimum atomic E-state index is -0.582. The van der Waals surface area contributed by atoms with Crippen LogP contribution < -0.4 is 14.8 Å². The van der Waals surface area contributed by atoms with Gasteiger partial charge in [0.05, 0.1) is 11.5 Å². The van der Waals surface area contributed by atoms with Crippen molar-refractivity contribution in [3.8, 4) is 11.5 Å². The average molecular weight is 406 g/mol. The molecule has 0 radical (unpaired) electrons. The zero-order chi connectivity index (χ0) is 19.9. The van der Waals surface area contributed by atoms with E-state index in [1.165, 1.54) is 0 Å². The van der Waals surface area contributed by atoms with Crippen LogP contribution in [0.5, 0.6) is 11.5 Å². The van der Waals surface area contributed by atoms with E-state index in [0.29, 0.717) is 41.9 Å². The molecule has 0 atom stereocenters. The van der Waals surface area contributed by atoms with Crippen molar-refractivity contribution in [1.29, 1.82) is 0 Å². The van der Waals surface area contributed by atoms with Crippen molar-refractivity contribution in [3.05, 3.63) is 35.6 Å². The molecule has 1 aromatic heterocycles. The van der Waals surface area contributed by atoms with Gasteiger partial charge in [0.1, 0.15) is 19.0 Å². The van der Waals surface area contributed by atoms with E-state index >= 15 is 0 Å². The zero-order valence-electron chi connectivity index (χ0n) is 15.1. The summed E-state index contributed by atoms with van der Waals surface area (Å²) in [6.07, 6.45) is 0. The van der Waals surface area contributed by atoms with Gasteiger partial charge in [0, 0.05) is 11.6 Å². The summed E-state index contributed by atoms with van der Waals surface area (Å²) in [6, 6.07) is 6.39. The maximum absolute atomic E-state index is 12.2. The molecule has 0 saturated heterocycles. The number of anilines is 1. The fraction of sp³-hybridized carbons (Fsp3) is 0.333. The van der Waals surface area contributed by atoms with Crippen molar-refractivity contribution in [2.24, 2.45) is 0 Å². The number of amides is 1. The number of hydrogen-bond acceptors (Lipinski definition) is 9. The number of thioether (sulfide) groups is 1. The number of esters is 1. The summed E-state index contributed by atoms with van der Waals surface area (Å²) in [7, 11) is 0. The SMILES string of the molecule is Cc1cc(NC(=O)CSCC(=O)OCC(=O)c2ccc3c(c2)OCCO3)no1. The lowest BCUT2D eigenvalue weighted by molar-refractivity contribution is -0.139. The topological polar surface area (TPSA) is 117 Å². The molecule has 1 aromatic carbocycles. The van der Waals surface area contributed by atoms with Crippen molar-refractivity contribution in [3.63, 3.8) is 0 Å². The Hall–Kier alpha value is -3.01. The predicted octanol–water partition coefficient (Wildman–Crippen LogP) is 1.85. The van der Waals surface area contributed by atoms with Gasteiger partial charge in [0.15, 0.2) is 29.7 Å². The highest BCUT2D eigenvalue weighted by Gasteiger charge is 2.16. The van der Waals surface area contributed by atoms with Crippen LogP contribution in [-0.2, 0) is 14.3 Å². The molecule has 1 aliphatic rings. The fourth-order valence-corrected chi connectivity index (χ4v) is 2.93. The van der Waals surface area contributed by atoms with E-state index in [1.54, 1.807) is 31.2 Å². The number of ether oxygens (including phenoxy) is 3. The number of Topliss-reactive ketones (excluding diaryl/α,β-unsaturated/α-hetero) is 1. The van der Waals surface area contributed by atoms with Gasteiger partial charge in [-0.2, -0.15) is 0 Å². The van der Waals surface area contributed by atoms with Crippen molar-refractivity contribution in [2.75, 3.05) is 36.6 Å². The number of nitrogens with one attached hydrogen (secondary N) is 1. The van der Waals surface area contributed by atoms with E-state index in [4.69, 9.17) is 18.7 Å². The van der Waals surface area contributed by atoms with E-state index in [-0.39, 0.29) is 29.8 Å². The minimum Gasteiger partial charge on any atom is -0.486 e. The Morgan fingerprint density at radius 2 is 1.93 bits per heavy atom. The monoisotopic (exact) mass is 406 g/mol. The molecule has 9 nitrogen and oxygen atoms in total. The number of rotatable bonds is 8. The zero-order valence-corrected chi connectivity index (χ0v) is 15.9. The Kier molecular flexibility index (Phi) is 6.53. The number of fused-ring (bicyclic) bond motifs is 1. The number of carbonyl (C=O) groups excluding carboxylic acids is 3. The number of benzene rings is 1. The van der Waals surface area contributed by atoms with E-state index in [9.17, 15) is 14.4 Å². The van der Waals surface area contributed by atoms with E-state index < -0.39 is 5.97 Å². The maximum Gasteiger partial charge on any atom is 0.316 e. The summed E-state index contributed by atoms with van der Waals surface area (Å²) in [5, 5.41) is 6.18. The molecule has 2 heterocycles. The molecular weight excluding hydrogens is 388 g/mol. The van der Waals surface area contributed by atoms with E-state index in [2.05, 4.69) is 10.5 Å². The van der Waals surface area contributed by atoms with E-state index in [0.717, 1.165) is 11.8 Å². The van der Waals surface area contributed by atoms with Gasteiger partial charge < -0.3 is 24.1 Å². The van der Waals surface area contributed by atoms with Gasteiger partial charge in [-0.1, -0.05) is 5.16 Å². The third-order valence-electron chi connectivity index (χ3n) is 3.58. The third-order valence-corrected chi connectivity index (χ3v) is 4.48. The lowest BCUT2D eigenvalue weighted by Gasteiger charge is -2.18. The van der Waals surface area contributed by atoms with Gasteiger partial charge in [0.25, 0.3) is 0 Å². The Balaban J connectivity index is 1.37. The summed E-state index contributed by atoms with van der Waals surface area (Å²) in [4.78, 5) is 35.6. The first-order valence-electron chi connectivity index (χ1n) is 8.40. The number of hydrogen-bond donors (Lipinski definition) is 1. The summed E-state index contributed by atoms with van der Waals surface area (Å²) >= 11 is 1.07. The Labute approximate surface area is 164 Å². The molecule has 1 N–H and O–H groups in total. The summed E-state index contributed by atoms with van der Waals surface area (Å²) in [5.41, 5.74) is 0.368. The van der Waals surface area contributed by atoms with Gasteiger partial charge in [-0.15, -0.1) is 11.8 Å². The first-order chi connectivity index (χ1) is 13.5.